The van der Waals surface area contributed by atoms with Crippen molar-refractivity contribution in [2.75, 3.05) is 0 Å². The van der Waals surface area contributed by atoms with Crippen LogP contribution >= 0.6 is 0 Å². The summed E-state index contributed by atoms with van der Waals surface area (Å²) in [4.78, 5) is 12.1. The number of rotatable bonds is 4. The van der Waals surface area contributed by atoms with Crippen molar-refractivity contribution < 1.29 is 14.3 Å². The van der Waals surface area contributed by atoms with Crippen molar-refractivity contribution in [3.63, 3.8) is 0 Å². The van der Waals surface area contributed by atoms with Crippen LogP contribution in [0.3, 0.4) is 0 Å². The minimum absolute atomic E-state index is 0.462. The zero-order valence-electron chi connectivity index (χ0n) is 12.8. The molecule has 0 saturated carbocycles. The molecular formula is C18H17NO3. The Morgan fingerprint density at radius 1 is 1.14 bits per heavy atom. The number of ether oxygens (including phenoxy) is 2. The smallest absolute Gasteiger partial charge is 0.352 e. The van der Waals surface area contributed by atoms with Crippen molar-refractivity contribution in [3.05, 3.63) is 59.2 Å². The SMILES string of the molecule is Cc1ccc(OC(=O)[C@H](C)Oc2ccc(C#N)cc2)c(C)c1. The highest BCUT2D eigenvalue weighted by atomic mass is 16.6. The van der Waals surface area contributed by atoms with Crippen molar-refractivity contribution in [1.82, 2.24) is 0 Å². The van der Waals surface area contributed by atoms with Gasteiger partial charge in [0.15, 0.2) is 6.10 Å². The minimum Gasteiger partial charge on any atom is -0.479 e. The molecule has 0 aliphatic rings. The molecule has 0 spiro atoms. The standard InChI is InChI=1S/C18H17NO3/c1-12-4-9-17(13(2)10-12)22-18(20)14(3)21-16-7-5-15(11-19)6-8-16/h4-10,14H,1-3H3/t14-/m0/s1. The van der Waals surface area contributed by atoms with Crippen LogP contribution in [0.25, 0.3) is 0 Å². The number of nitrogens with zero attached hydrogens (tertiary/aromatic N) is 1. The van der Waals surface area contributed by atoms with E-state index in [1.165, 1.54) is 0 Å². The number of benzene rings is 2. The van der Waals surface area contributed by atoms with E-state index in [1.807, 2.05) is 32.0 Å². The third kappa shape index (κ3) is 3.86. The lowest BCUT2D eigenvalue weighted by Gasteiger charge is -2.15. The first-order valence-corrected chi connectivity index (χ1v) is 6.95. The van der Waals surface area contributed by atoms with Crippen molar-refractivity contribution in [2.45, 2.75) is 26.9 Å². The molecule has 0 saturated heterocycles. The second-order valence-electron chi connectivity index (χ2n) is 5.09. The summed E-state index contributed by atoms with van der Waals surface area (Å²) in [6, 6.07) is 14.2. The van der Waals surface area contributed by atoms with E-state index in [9.17, 15) is 4.79 Å². The summed E-state index contributed by atoms with van der Waals surface area (Å²) in [5, 5.41) is 8.74. The van der Waals surface area contributed by atoms with Gasteiger partial charge in [-0.25, -0.2) is 4.79 Å². The monoisotopic (exact) mass is 295 g/mol. The molecule has 0 unspecified atom stereocenters. The molecule has 1 atom stereocenters. The van der Waals surface area contributed by atoms with Gasteiger partial charge in [0.2, 0.25) is 0 Å². The first kappa shape index (κ1) is 15.6. The van der Waals surface area contributed by atoms with E-state index in [2.05, 4.69) is 0 Å². The molecule has 0 aliphatic heterocycles. The Kier molecular flexibility index (Phi) is 4.80. The van der Waals surface area contributed by atoms with E-state index in [1.54, 1.807) is 37.3 Å². The quantitative estimate of drug-likeness (QED) is 0.639. The third-order valence-corrected chi connectivity index (χ3v) is 3.17. The molecule has 0 aliphatic carbocycles. The summed E-state index contributed by atoms with van der Waals surface area (Å²) in [6.45, 7) is 5.50. The Bertz CT molecular complexity index is 714. The fraction of sp³-hybridized carbons (Fsp3) is 0.222. The first-order valence-electron chi connectivity index (χ1n) is 6.95. The number of carbonyl (C=O) groups is 1. The van der Waals surface area contributed by atoms with Crippen LogP contribution in [0.1, 0.15) is 23.6 Å². The van der Waals surface area contributed by atoms with Gasteiger partial charge in [0.05, 0.1) is 11.6 Å². The maximum absolute atomic E-state index is 12.1. The van der Waals surface area contributed by atoms with Gasteiger partial charge in [-0.2, -0.15) is 5.26 Å². The lowest BCUT2D eigenvalue weighted by atomic mass is 10.1. The average molecular weight is 295 g/mol. The van der Waals surface area contributed by atoms with E-state index in [0.29, 0.717) is 17.1 Å². The fourth-order valence-corrected chi connectivity index (χ4v) is 1.97. The van der Waals surface area contributed by atoms with Crippen LogP contribution in [0.2, 0.25) is 0 Å². The van der Waals surface area contributed by atoms with Crippen LogP contribution in [0.15, 0.2) is 42.5 Å². The van der Waals surface area contributed by atoms with Gasteiger partial charge in [-0.05, 0) is 56.7 Å². The average Bonchev–Trinajstić information content (AvgIpc) is 2.50. The van der Waals surface area contributed by atoms with Gasteiger partial charge < -0.3 is 9.47 Å². The van der Waals surface area contributed by atoms with E-state index >= 15 is 0 Å². The second kappa shape index (κ2) is 6.77. The Hall–Kier alpha value is -2.80. The van der Waals surface area contributed by atoms with Crippen LogP contribution in [0, 0.1) is 25.2 Å². The number of nitriles is 1. The van der Waals surface area contributed by atoms with Gasteiger partial charge in [-0.15, -0.1) is 0 Å². The summed E-state index contributed by atoms with van der Waals surface area (Å²) in [6.07, 6.45) is -0.742. The second-order valence-corrected chi connectivity index (χ2v) is 5.09. The third-order valence-electron chi connectivity index (χ3n) is 3.17. The maximum Gasteiger partial charge on any atom is 0.352 e. The van der Waals surface area contributed by atoms with Gasteiger partial charge in [0.25, 0.3) is 0 Å². The molecule has 4 heteroatoms. The predicted molar refractivity (Wildman–Crippen MR) is 82.8 cm³/mol. The Morgan fingerprint density at radius 2 is 1.82 bits per heavy atom. The van der Waals surface area contributed by atoms with Crippen LogP contribution in [0.5, 0.6) is 11.5 Å². The molecule has 4 nitrogen and oxygen atoms in total. The zero-order chi connectivity index (χ0) is 16.1. The molecule has 22 heavy (non-hydrogen) atoms. The van der Waals surface area contributed by atoms with Crippen molar-refractivity contribution in [2.24, 2.45) is 0 Å². The number of hydrogen-bond acceptors (Lipinski definition) is 4. The molecule has 2 aromatic rings. The highest BCUT2D eigenvalue weighted by Crippen LogP contribution is 2.20. The van der Waals surface area contributed by atoms with Gasteiger partial charge in [-0.3, -0.25) is 0 Å². The van der Waals surface area contributed by atoms with Crippen molar-refractivity contribution in [3.8, 4) is 17.6 Å². The summed E-state index contributed by atoms with van der Waals surface area (Å²) in [5.41, 5.74) is 2.55. The lowest BCUT2D eigenvalue weighted by molar-refractivity contribution is -0.141. The Labute approximate surface area is 129 Å². The normalized spacial score (nSPS) is 11.4. The fourth-order valence-electron chi connectivity index (χ4n) is 1.97. The van der Waals surface area contributed by atoms with Crippen LogP contribution in [0.4, 0.5) is 0 Å². The number of aryl methyl sites for hydroxylation is 2. The molecule has 0 heterocycles. The molecule has 0 amide bonds. The topological polar surface area (TPSA) is 59.3 Å². The Morgan fingerprint density at radius 3 is 2.41 bits per heavy atom. The first-order chi connectivity index (χ1) is 10.5. The number of hydrogen-bond donors (Lipinski definition) is 0. The van der Waals surface area contributed by atoms with E-state index < -0.39 is 12.1 Å². The predicted octanol–water partition coefficient (Wildman–Crippen LogP) is 3.55. The maximum atomic E-state index is 12.1. The molecule has 2 rings (SSSR count). The van der Waals surface area contributed by atoms with Crippen molar-refractivity contribution in [1.29, 1.82) is 5.26 Å². The van der Waals surface area contributed by atoms with Gasteiger partial charge in [0, 0.05) is 0 Å². The van der Waals surface area contributed by atoms with Crippen LogP contribution < -0.4 is 9.47 Å². The molecule has 0 aromatic heterocycles. The van der Waals surface area contributed by atoms with Gasteiger partial charge >= 0.3 is 5.97 Å². The van der Waals surface area contributed by atoms with Crippen LogP contribution in [-0.2, 0) is 4.79 Å². The molecular weight excluding hydrogens is 278 g/mol. The molecule has 2 aromatic carbocycles. The number of esters is 1. The van der Waals surface area contributed by atoms with Gasteiger partial charge in [-0.1, -0.05) is 17.7 Å². The highest BCUT2D eigenvalue weighted by molar-refractivity contribution is 5.77. The van der Waals surface area contributed by atoms with E-state index in [4.69, 9.17) is 14.7 Å². The van der Waals surface area contributed by atoms with Crippen LogP contribution in [-0.4, -0.2) is 12.1 Å². The highest BCUT2D eigenvalue weighted by Gasteiger charge is 2.18. The molecule has 0 bridgehead atoms. The molecule has 112 valence electrons. The summed E-state index contributed by atoms with van der Waals surface area (Å²) >= 11 is 0. The number of carbonyl (C=O) groups excluding carboxylic acids is 1. The van der Waals surface area contributed by atoms with E-state index in [0.717, 1.165) is 11.1 Å². The lowest BCUT2D eigenvalue weighted by Crippen LogP contribution is -2.28. The summed E-state index contributed by atoms with van der Waals surface area (Å²) in [5.74, 6) is 0.589. The van der Waals surface area contributed by atoms with Gasteiger partial charge in [0.1, 0.15) is 11.5 Å². The summed E-state index contributed by atoms with van der Waals surface area (Å²) in [7, 11) is 0. The zero-order valence-corrected chi connectivity index (χ0v) is 12.8. The summed E-state index contributed by atoms with van der Waals surface area (Å²) < 4.78 is 10.9. The minimum atomic E-state index is -0.742. The molecule has 0 fully saturated rings. The van der Waals surface area contributed by atoms with E-state index in [-0.39, 0.29) is 0 Å². The molecule has 0 radical (unpaired) electrons. The van der Waals surface area contributed by atoms with Crippen molar-refractivity contribution >= 4 is 5.97 Å². The Balaban J connectivity index is 2.01. The largest absolute Gasteiger partial charge is 0.479 e. The molecule has 0 N–H and O–H groups in total.